The first-order chi connectivity index (χ1) is 29.6. The fraction of sp³-hybridized carbons (Fsp3) is 0.709. The van der Waals surface area contributed by atoms with Crippen molar-refractivity contribution in [2.75, 3.05) is 19.8 Å². The molecule has 0 saturated heterocycles. The number of ether oxygens (including phenoxy) is 3. The van der Waals surface area contributed by atoms with Crippen molar-refractivity contribution in [1.29, 1.82) is 0 Å². The van der Waals surface area contributed by atoms with Crippen molar-refractivity contribution in [3.05, 3.63) is 85.1 Å². The smallest absolute Gasteiger partial charge is 0.306 e. The monoisotopic (exact) mass is 835 g/mol. The molecule has 0 radical (unpaired) electrons. The summed E-state index contributed by atoms with van der Waals surface area (Å²) in [4.78, 5) is 25.3. The highest BCUT2D eigenvalue weighted by Crippen LogP contribution is 2.14. The lowest BCUT2D eigenvalue weighted by molar-refractivity contribution is -0.162. The first-order valence-electron chi connectivity index (χ1n) is 25.1. The summed E-state index contributed by atoms with van der Waals surface area (Å²) in [7, 11) is 0. The average Bonchev–Trinajstić information content (AvgIpc) is 3.25. The Morgan fingerprint density at radius 1 is 0.383 bits per heavy atom. The van der Waals surface area contributed by atoms with E-state index in [1.54, 1.807) is 0 Å². The van der Waals surface area contributed by atoms with Crippen LogP contribution in [0.25, 0.3) is 0 Å². The summed E-state index contributed by atoms with van der Waals surface area (Å²) in [6, 6.07) is 0. The summed E-state index contributed by atoms with van der Waals surface area (Å²) in [5, 5.41) is 0. The fourth-order valence-corrected chi connectivity index (χ4v) is 6.77. The number of rotatable bonds is 45. The van der Waals surface area contributed by atoms with Gasteiger partial charge in [-0.05, 0) is 77.0 Å². The molecule has 0 aliphatic carbocycles. The zero-order valence-electron chi connectivity index (χ0n) is 39.5. The van der Waals surface area contributed by atoms with E-state index in [4.69, 9.17) is 14.2 Å². The van der Waals surface area contributed by atoms with Crippen LogP contribution in [0.2, 0.25) is 0 Å². The first kappa shape index (κ1) is 57.1. The Bertz CT molecular complexity index is 1130. The van der Waals surface area contributed by atoms with Crippen LogP contribution in [0.15, 0.2) is 85.1 Å². The summed E-state index contributed by atoms with van der Waals surface area (Å²) >= 11 is 0. The third-order valence-corrected chi connectivity index (χ3v) is 10.4. The number of unbranched alkanes of at least 4 members (excludes halogenated alkanes) is 20. The topological polar surface area (TPSA) is 61.8 Å². The van der Waals surface area contributed by atoms with E-state index < -0.39 is 6.10 Å². The van der Waals surface area contributed by atoms with Gasteiger partial charge < -0.3 is 14.2 Å². The van der Waals surface area contributed by atoms with Gasteiger partial charge in [-0.2, -0.15) is 0 Å². The fourth-order valence-electron chi connectivity index (χ4n) is 6.77. The molecule has 0 spiro atoms. The van der Waals surface area contributed by atoms with E-state index in [1.807, 2.05) is 6.08 Å². The Kier molecular flexibility index (Phi) is 48.0. The van der Waals surface area contributed by atoms with Crippen LogP contribution in [-0.2, 0) is 23.8 Å². The second-order valence-corrected chi connectivity index (χ2v) is 16.3. The summed E-state index contributed by atoms with van der Waals surface area (Å²) in [6.45, 7) is 7.52. The van der Waals surface area contributed by atoms with Gasteiger partial charge in [-0.15, -0.1) is 0 Å². The van der Waals surface area contributed by atoms with Crippen molar-refractivity contribution in [1.82, 2.24) is 0 Å². The third kappa shape index (κ3) is 47.8. The lowest BCUT2D eigenvalue weighted by Gasteiger charge is -2.18. The second-order valence-electron chi connectivity index (χ2n) is 16.3. The number of hydrogen-bond donors (Lipinski definition) is 0. The van der Waals surface area contributed by atoms with Crippen molar-refractivity contribution < 1.29 is 23.8 Å². The van der Waals surface area contributed by atoms with Gasteiger partial charge in [0.1, 0.15) is 6.61 Å². The van der Waals surface area contributed by atoms with Crippen molar-refractivity contribution in [2.24, 2.45) is 0 Å². The highest BCUT2D eigenvalue weighted by molar-refractivity contribution is 5.70. The van der Waals surface area contributed by atoms with Crippen molar-refractivity contribution in [3.8, 4) is 0 Å². The molecular weight excluding hydrogens is 741 g/mol. The summed E-state index contributed by atoms with van der Waals surface area (Å²) in [5.41, 5.74) is 0. The zero-order valence-corrected chi connectivity index (χ0v) is 39.5. The molecule has 1 atom stereocenters. The molecule has 0 fully saturated rings. The zero-order chi connectivity index (χ0) is 43.5. The predicted molar refractivity (Wildman–Crippen MR) is 260 cm³/mol. The third-order valence-electron chi connectivity index (χ3n) is 10.4. The quantitative estimate of drug-likeness (QED) is 0.0347. The van der Waals surface area contributed by atoms with Crippen LogP contribution in [0.3, 0.4) is 0 Å². The first-order valence-corrected chi connectivity index (χ1v) is 25.1. The maximum absolute atomic E-state index is 12.7. The van der Waals surface area contributed by atoms with E-state index >= 15 is 0 Å². The molecule has 5 nitrogen and oxygen atoms in total. The Labute approximate surface area is 371 Å². The molecule has 0 aromatic rings. The van der Waals surface area contributed by atoms with Gasteiger partial charge >= 0.3 is 11.9 Å². The van der Waals surface area contributed by atoms with Crippen LogP contribution in [0.1, 0.15) is 226 Å². The largest absolute Gasteiger partial charge is 0.462 e. The molecule has 0 heterocycles. The maximum atomic E-state index is 12.7. The highest BCUT2D eigenvalue weighted by Gasteiger charge is 2.17. The Morgan fingerprint density at radius 3 is 1.27 bits per heavy atom. The van der Waals surface area contributed by atoms with E-state index in [0.717, 1.165) is 83.5 Å². The summed E-state index contributed by atoms with van der Waals surface area (Å²) < 4.78 is 17.3. The lowest BCUT2D eigenvalue weighted by Crippen LogP contribution is -2.30. The van der Waals surface area contributed by atoms with Crippen LogP contribution in [-0.4, -0.2) is 37.9 Å². The van der Waals surface area contributed by atoms with Crippen molar-refractivity contribution in [3.63, 3.8) is 0 Å². The van der Waals surface area contributed by atoms with Gasteiger partial charge in [-0.3, -0.25) is 9.59 Å². The molecule has 0 aromatic carbocycles. The van der Waals surface area contributed by atoms with E-state index in [-0.39, 0.29) is 25.2 Å². The van der Waals surface area contributed by atoms with Crippen LogP contribution in [0, 0.1) is 0 Å². The number of carbonyl (C=O) groups excluding carboxylic acids is 2. The normalized spacial score (nSPS) is 12.9. The Hall–Kier alpha value is -2.92. The van der Waals surface area contributed by atoms with Gasteiger partial charge in [-0.1, -0.05) is 221 Å². The number of esters is 2. The molecule has 0 bridgehead atoms. The lowest BCUT2D eigenvalue weighted by atomic mass is 10.0. The van der Waals surface area contributed by atoms with Gasteiger partial charge in [0.05, 0.1) is 6.61 Å². The summed E-state index contributed by atoms with van der Waals surface area (Å²) in [6.07, 6.45) is 66.1. The molecule has 344 valence electrons. The summed E-state index contributed by atoms with van der Waals surface area (Å²) in [5.74, 6) is -0.509. The number of allylic oxidation sites excluding steroid dienone is 14. The predicted octanol–water partition coefficient (Wildman–Crippen LogP) is 16.9. The van der Waals surface area contributed by atoms with Gasteiger partial charge in [0.25, 0.3) is 0 Å². The maximum Gasteiger partial charge on any atom is 0.306 e. The minimum absolute atomic E-state index is 0.0461. The molecule has 0 aliphatic heterocycles. The van der Waals surface area contributed by atoms with E-state index in [2.05, 4.69) is 99.8 Å². The number of carbonyl (C=O) groups is 2. The van der Waals surface area contributed by atoms with Gasteiger partial charge in [0.15, 0.2) is 6.10 Å². The van der Waals surface area contributed by atoms with Crippen LogP contribution >= 0.6 is 0 Å². The number of hydrogen-bond acceptors (Lipinski definition) is 5. The SMILES string of the molecule is CC/C=C\C/C=C\C/C=C\C/C=C\CCC(=O)OC(COCCCCCCCCCCCCCCCCCC)COC(=O)CCCCCCC/C=C\C/C=C\C/C=C\CC. The molecule has 0 N–H and O–H groups in total. The van der Waals surface area contributed by atoms with Crippen molar-refractivity contribution in [2.45, 2.75) is 232 Å². The van der Waals surface area contributed by atoms with Crippen molar-refractivity contribution >= 4 is 11.9 Å². The van der Waals surface area contributed by atoms with Crippen LogP contribution in [0.5, 0.6) is 0 Å². The van der Waals surface area contributed by atoms with Gasteiger partial charge in [-0.25, -0.2) is 0 Å². The molecular formula is C55H94O5. The molecule has 0 aliphatic rings. The molecule has 0 rings (SSSR count). The minimum atomic E-state index is -0.582. The van der Waals surface area contributed by atoms with E-state index in [9.17, 15) is 9.59 Å². The molecule has 60 heavy (non-hydrogen) atoms. The van der Waals surface area contributed by atoms with Gasteiger partial charge in [0.2, 0.25) is 0 Å². The standard InChI is InChI=1S/C55H94O5/c1-4-7-10-13-16-19-22-25-27-29-32-35-38-41-44-47-50-58-51-53(60-55(57)49-46-43-40-37-34-30-24-21-18-15-12-9-6-3)52-59-54(56)48-45-42-39-36-33-31-28-26-23-20-17-14-11-8-5-2/h8-9,11-12,17-18,20-21,26,28,30,34,40,43,53H,4-7,10,13-16,19,22-25,27,29,31-33,35-39,41-42,44-52H2,1-3H3/b11-8-,12-9-,20-17-,21-18-,28-26-,34-30-,43-40-. The minimum Gasteiger partial charge on any atom is -0.462 e. The van der Waals surface area contributed by atoms with Crippen LogP contribution in [0.4, 0.5) is 0 Å². The highest BCUT2D eigenvalue weighted by atomic mass is 16.6. The van der Waals surface area contributed by atoms with E-state index in [1.165, 1.54) is 103 Å². The average molecular weight is 835 g/mol. The Morgan fingerprint density at radius 2 is 0.783 bits per heavy atom. The van der Waals surface area contributed by atoms with E-state index in [0.29, 0.717) is 25.9 Å². The molecule has 0 aromatic heterocycles. The molecule has 1 unspecified atom stereocenters. The molecule has 5 heteroatoms. The molecule has 0 amide bonds. The molecule has 0 saturated carbocycles. The Balaban J connectivity index is 4.36. The van der Waals surface area contributed by atoms with Crippen LogP contribution < -0.4 is 0 Å². The second kappa shape index (κ2) is 50.4. The van der Waals surface area contributed by atoms with Gasteiger partial charge in [0, 0.05) is 19.4 Å².